The number of aliphatic hydroxyl groups excluding tert-OH is 1. The summed E-state index contributed by atoms with van der Waals surface area (Å²) in [6, 6.07) is 7.69. The number of hydrogen-bond donors (Lipinski definition) is 3. The van der Waals surface area contributed by atoms with Crippen LogP contribution < -0.4 is 5.32 Å². The molecular weight excluding hydrogens is 376 g/mol. The first kappa shape index (κ1) is 22.7. The third kappa shape index (κ3) is 5.47. The number of rotatable bonds is 5. The highest BCUT2D eigenvalue weighted by Gasteiger charge is 2.45. The van der Waals surface area contributed by atoms with Crippen LogP contribution in [0.5, 0.6) is 0 Å². The molecule has 160 valence electrons. The Morgan fingerprint density at radius 2 is 1.69 bits per heavy atom. The number of carbonyl (C=O) groups is 3. The van der Waals surface area contributed by atoms with Crippen LogP contribution in [-0.2, 0) is 19.7 Å². The van der Waals surface area contributed by atoms with Gasteiger partial charge in [-0.2, -0.15) is 0 Å². The summed E-state index contributed by atoms with van der Waals surface area (Å²) >= 11 is 0. The van der Waals surface area contributed by atoms with Gasteiger partial charge in [-0.3, -0.25) is 4.79 Å². The first-order valence-electron chi connectivity index (χ1n) is 9.71. The van der Waals surface area contributed by atoms with E-state index in [9.17, 15) is 24.6 Å². The van der Waals surface area contributed by atoms with Crippen LogP contribution in [0.15, 0.2) is 30.3 Å². The van der Waals surface area contributed by atoms with Gasteiger partial charge in [0.1, 0.15) is 5.60 Å². The number of benzene rings is 1. The lowest BCUT2D eigenvalue weighted by molar-refractivity contribution is -0.146. The predicted octanol–water partition coefficient (Wildman–Crippen LogP) is 1.91. The summed E-state index contributed by atoms with van der Waals surface area (Å²) in [6.45, 7) is 7.28. The monoisotopic (exact) mass is 406 g/mol. The summed E-state index contributed by atoms with van der Waals surface area (Å²) in [5, 5.41) is 21.6. The Kier molecular flexibility index (Phi) is 6.89. The van der Waals surface area contributed by atoms with Gasteiger partial charge in [-0.1, -0.05) is 30.3 Å². The average Bonchev–Trinajstić information content (AvgIpc) is 2.64. The van der Waals surface area contributed by atoms with Crippen LogP contribution in [0.4, 0.5) is 4.79 Å². The molecule has 2 amide bonds. The average molecular weight is 406 g/mol. The standard InChI is InChI=1S/C21H30N2O6/c1-14(24)16(17(25)26)22-18(27)21(15-8-6-5-7-9-15)10-12-23(13-11-21)19(28)29-20(2,3)4/h5-9,14,16,24H,10-13H2,1-4H3,(H,22,27)(H,25,26)/t14-,16-/m0/s1. The molecule has 0 bridgehead atoms. The van der Waals surface area contributed by atoms with E-state index in [0.717, 1.165) is 5.56 Å². The van der Waals surface area contributed by atoms with Crippen molar-refractivity contribution in [3.63, 3.8) is 0 Å². The molecule has 0 spiro atoms. The topological polar surface area (TPSA) is 116 Å². The van der Waals surface area contributed by atoms with Gasteiger partial charge in [-0.15, -0.1) is 0 Å². The SMILES string of the molecule is C[C@H](O)[C@H](NC(=O)C1(c2ccccc2)CCN(C(=O)OC(C)(C)C)CC1)C(=O)O. The predicted molar refractivity (Wildman–Crippen MR) is 106 cm³/mol. The van der Waals surface area contributed by atoms with Gasteiger partial charge in [-0.25, -0.2) is 9.59 Å². The number of aliphatic carboxylic acids is 1. The number of nitrogens with one attached hydrogen (secondary N) is 1. The molecule has 1 aliphatic rings. The third-order valence-electron chi connectivity index (χ3n) is 5.06. The van der Waals surface area contributed by atoms with Crippen LogP contribution in [0.25, 0.3) is 0 Å². The fourth-order valence-electron chi connectivity index (χ4n) is 3.47. The second-order valence-electron chi connectivity index (χ2n) is 8.45. The van der Waals surface area contributed by atoms with E-state index in [4.69, 9.17) is 4.74 Å². The quantitative estimate of drug-likeness (QED) is 0.688. The summed E-state index contributed by atoms with van der Waals surface area (Å²) in [7, 11) is 0. The summed E-state index contributed by atoms with van der Waals surface area (Å²) in [4.78, 5) is 38.6. The van der Waals surface area contributed by atoms with Crippen molar-refractivity contribution in [2.24, 2.45) is 0 Å². The zero-order valence-corrected chi connectivity index (χ0v) is 17.3. The number of piperidine rings is 1. The number of aliphatic hydroxyl groups is 1. The molecule has 0 aromatic heterocycles. The lowest BCUT2D eigenvalue weighted by Gasteiger charge is -2.41. The fraction of sp³-hybridized carbons (Fsp3) is 0.571. The first-order valence-corrected chi connectivity index (χ1v) is 9.71. The van der Waals surface area contributed by atoms with Crippen molar-refractivity contribution in [3.05, 3.63) is 35.9 Å². The molecule has 0 radical (unpaired) electrons. The van der Waals surface area contributed by atoms with Gasteiger partial charge in [0.25, 0.3) is 0 Å². The maximum absolute atomic E-state index is 13.2. The Bertz CT molecular complexity index is 733. The number of carboxylic acid groups (broad SMARTS) is 1. The molecule has 1 fully saturated rings. The van der Waals surface area contributed by atoms with Crippen LogP contribution in [0.1, 0.15) is 46.1 Å². The maximum Gasteiger partial charge on any atom is 0.410 e. The third-order valence-corrected chi connectivity index (χ3v) is 5.06. The molecular formula is C21H30N2O6. The number of carboxylic acids is 1. The normalized spacial score (nSPS) is 18.4. The summed E-state index contributed by atoms with van der Waals surface area (Å²) in [5.74, 6) is -1.77. The number of nitrogens with zero attached hydrogens (tertiary/aromatic N) is 1. The largest absolute Gasteiger partial charge is 0.480 e. The summed E-state index contributed by atoms with van der Waals surface area (Å²) in [5.41, 5.74) is -0.868. The lowest BCUT2D eigenvalue weighted by Crippen LogP contribution is -2.58. The highest BCUT2D eigenvalue weighted by molar-refractivity contribution is 5.92. The fourth-order valence-corrected chi connectivity index (χ4v) is 3.47. The molecule has 1 saturated heterocycles. The smallest absolute Gasteiger partial charge is 0.410 e. The molecule has 8 nitrogen and oxygen atoms in total. The highest BCUT2D eigenvalue weighted by atomic mass is 16.6. The molecule has 1 aromatic rings. The molecule has 1 aromatic carbocycles. The molecule has 0 saturated carbocycles. The minimum Gasteiger partial charge on any atom is -0.480 e. The van der Waals surface area contributed by atoms with Crippen molar-refractivity contribution in [3.8, 4) is 0 Å². The van der Waals surface area contributed by atoms with Gasteiger partial charge in [0.2, 0.25) is 5.91 Å². The second-order valence-corrected chi connectivity index (χ2v) is 8.45. The van der Waals surface area contributed by atoms with Gasteiger partial charge in [0.05, 0.1) is 11.5 Å². The molecule has 1 heterocycles. The Morgan fingerprint density at radius 1 is 1.14 bits per heavy atom. The number of amides is 2. The molecule has 2 rings (SSSR count). The van der Waals surface area contributed by atoms with Gasteiger partial charge >= 0.3 is 12.1 Å². The van der Waals surface area contributed by atoms with E-state index in [2.05, 4.69) is 5.32 Å². The number of ether oxygens (including phenoxy) is 1. The van der Waals surface area contributed by atoms with Crippen LogP contribution >= 0.6 is 0 Å². The van der Waals surface area contributed by atoms with Gasteiger partial charge in [0.15, 0.2) is 6.04 Å². The Labute approximate surface area is 170 Å². The van der Waals surface area contributed by atoms with E-state index < -0.39 is 41.1 Å². The number of carbonyl (C=O) groups excluding carboxylic acids is 2. The van der Waals surface area contributed by atoms with E-state index in [1.165, 1.54) is 6.92 Å². The van der Waals surface area contributed by atoms with Gasteiger partial charge in [0, 0.05) is 13.1 Å². The van der Waals surface area contributed by atoms with Crippen molar-refractivity contribution in [1.29, 1.82) is 0 Å². The van der Waals surface area contributed by atoms with Crippen molar-refractivity contribution < 1.29 is 29.3 Å². The summed E-state index contributed by atoms with van der Waals surface area (Å²) in [6.07, 6.45) is -1.05. The molecule has 0 unspecified atom stereocenters. The molecule has 1 aliphatic heterocycles. The van der Waals surface area contributed by atoms with E-state index in [1.807, 2.05) is 30.3 Å². The summed E-state index contributed by atoms with van der Waals surface area (Å²) < 4.78 is 5.41. The van der Waals surface area contributed by atoms with Crippen LogP contribution in [0.3, 0.4) is 0 Å². The lowest BCUT2D eigenvalue weighted by atomic mass is 9.71. The number of hydrogen-bond acceptors (Lipinski definition) is 5. The van der Waals surface area contributed by atoms with Gasteiger partial charge < -0.3 is 25.2 Å². The van der Waals surface area contributed by atoms with Crippen molar-refractivity contribution in [2.75, 3.05) is 13.1 Å². The van der Waals surface area contributed by atoms with Crippen molar-refractivity contribution in [2.45, 2.75) is 63.7 Å². The molecule has 8 heteroatoms. The zero-order valence-electron chi connectivity index (χ0n) is 17.3. The Balaban J connectivity index is 2.25. The Hall–Kier alpha value is -2.61. The number of likely N-dealkylation sites (tertiary alicyclic amines) is 1. The van der Waals surface area contributed by atoms with E-state index in [0.29, 0.717) is 25.9 Å². The van der Waals surface area contributed by atoms with Gasteiger partial charge in [-0.05, 0) is 46.1 Å². The Morgan fingerprint density at radius 3 is 2.14 bits per heavy atom. The highest BCUT2D eigenvalue weighted by Crippen LogP contribution is 2.36. The van der Waals surface area contributed by atoms with Crippen LogP contribution in [0.2, 0.25) is 0 Å². The van der Waals surface area contributed by atoms with Crippen molar-refractivity contribution >= 4 is 18.0 Å². The van der Waals surface area contributed by atoms with E-state index in [1.54, 1.807) is 25.7 Å². The maximum atomic E-state index is 13.2. The van der Waals surface area contributed by atoms with Crippen LogP contribution in [-0.4, -0.2) is 63.9 Å². The minimum absolute atomic E-state index is 0.295. The van der Waals surface area contributed by atoms with Crippen molar-refractivity contribution in [1.82, 2.24) is 10.2 Å². The molecule has 2 atom stereocenters. The molecule has 0 aliphatic carbocycles. The zero-order chi connectivity index (χ0) is 21.8. The van der Waals surface area contributed by atoms with E-state index >= 15 is 0 Å². The molecule has 29 heavy (non-hydrogen) atoms. The second kappa shape index (κ2) is 8.82. The minimum atomic E-state index is -1.41. The molecule has 3 N–H and O–H groups in total. The first-order chi connectivity index (χ1) is 13.5. The van der Waals surface area contributed by atoms with Crippen LogP contribution in [0, 0.1) is 0 Å². The van der Waals surface area contributed by atoms with E-state index in [-0.39, 0.29) is 0 Å².